The van der Waals surface area contributed by atoms with Gasteiger partial charge < -0.3 is 4.55 Å². The van der Waals surface area contributed by atoms with Gasteiger partial charge in [0.25, 0.3) is 0 Å². The average Bonchev–Trinajstić information content (AvgIpc) is 2.49. The quantitative estimate of drug-likeness (QED) is 0.474. The van der Waals surface area contributed by atoms with E-state index >= 15 is 0 Å². The van der Waals surface area contributed by atoms with E-state index in [0.29, 0.717) is 6.42 Å². The molecule has 0 fully saturated rings. The van der Waals surface area contributed by atoms with Gasteiger partial charge in [0.15, 0.2) is 15.3 Å². The van der Waals surface area contributed by atoms with Crippen LogP contribution < -0.4 is 0 Å². The number of hydrogen-bond donors (Lipinski definition) is 0. The summed E-state index contributed by atoms with van der Waals surface area (Å²) in [6.45, 7) is 1.61. The SMILES string of the molecule is CCCC(F)S(=O)(=O)[O-].c1ccc([SH+]c2ccccc2)cc1. The maximum Gasteiger partial charge on any atom is 0.189 e. The van der Waals surface area contributed by atoms with Crippen LogP contribution in [0.5, 0.6) is 0 Å². The average molecular weight is 342 g/mol. The third-order valence-electron chi connectivity index (χ3n) is 2.60. The Morgan fingerprint density at radius 1 is 1.00 bits per heavy atom. The number of halogens is 1. The molecule has 2 aromatic rings. The van der Waals surface area contributed by atoms with E-state index in [9.17, 15) is 17.4 Å². The number of alkyl halides is 1. The first-order valence-electron chi connectivity index (χ1n) is 6.84. The van der Waals surface area contributed by atoms with Crippen LogP contribution in [0.2, 0.25) is 0 Å². The topological polar surface area (TPSA) is 57.2 Å². The smallest absolute Gasteiger partial charge is 0.189 e. The van der Waals surface area contributed by atoms with Crippen molar-refractivity contribution in [3.05, 3.63) is 60.7 Å². The van der Waals surface area contributed by atoms with Crippen LogP contribution in [0.1, 0.15) is 19.8 Å². The molecular formula is C16H19FO3S2. The molecule has 2 rings (SSSR count). The maximum atomic E-state index is 12.0. The van der Waals surface area contributed by atoms with Gasteiger partial charge in [0.05, 0.1) is 0 Å². The van der Waals surface area contributed by atoms with Gasteiger partial charge in [0, 0.05) is 11.8 Å². The highest BCUT2D eigenvalue weighted by molar-refractivity contribution is 7.86. The molecule has 0 heterocycles. The molecule has 0 aliphatic carbocycles. The van der Waals surface area contributed by atoms with Gasteiger partial charge in [-0.15, -0.1) is 0 Å². The fraction of sp³-hybridized carbons (Fsp3) is 0.250. The van der Waals surface area contributed by atoms with Crippen molar-refractivity contribution in [2.45, 2.75) is 35.1 Å². The molecule has 1 unspecified atom stereocenters. The van der Waals surface area contributed by atoms with E-state index in [1.165, 1.54) is 21.6 Å². The monoisotopic (exact) mass is 342 g/mol. The van der Waals surface area contributed by atoms with E-state index < -0.39 is 15.6 Å². The summed E-state index contributed by atoms with van der Waals surface area (Å²) in [5.41, 5.74) is -2.22. The fourth-order valence-corrected chi connectivity index (χ4v) is 2.99. The van der Waals surface area contributed by atoms with E-state index in [0.717, 1.165) is 0 Å². The Morgan fingerprint density at radius 3 is 1.68 bits per heavy atom. The van der Waals surface area contributed by atoms with Crippen LogP contribution >= 0.6 is 0 Å². The zero-order chi connectivity index (χ0) is 16.4. The van der Waals surface area contributed by atoms with Crippen molar-refractivity contribution in [3.63, 3.8) is 0 Å². The van der Waals surface area contributed by atoms with Gasteiger partial charge in [-0.3, -0.25) is 0 Å². The molecular weight excluding hydrogens is 323 g/mol. The predicted octanol–water partition coefficient (Wildman–Crippen LogP) is 3.55. The number of benzene rings is 2. The molecule has 120 valence electrons. The summed E-state index contributed by atoms with van der Waals surface area (Å²) in [6, 6.07) is 21.0. The van der Waals surface area contributed by atoms with Crippen LogP contribution in [0, 0.1) is 0 Å². The third-order valence-corrected chi connectivity index (χ3v) is 4.57. The van der Waals surface area contributed by atoms with E-state index in [2.05, 4.69) is 48.5 Å². The van der Waals surface area contributed by atoms with Crippen LogP contribution in [0.3, 0.4) is 0 Å². The second-order valence-corrected chi connectivity index (χ2v) is 7.23. The molecule has 22 heavy (non-hydrogen) atoms. The largest absolute Gasteiger partial charge is 0.746 e. The minimum atomic E-state index is -4.68. The van der Waals surface area contributed by atoms with E-state index in [4.69, 9.17) is 0 Å². The van der Waals surface area contributed by atoms with Crippen molar-refractivity contribution in [3.8, 4) is 0 Å². The van der Waals surface area contributed by atoms with Gasteiger partial charge in [-0.25, -0.2) is 12.8 Å². The fourth-order valence-electron chi connectivity index (χ4n) is 1.53. The summed E-state index contributed by atoms with van der Waals surface area (Å²) in [6.07, 6.45) is 0.161. The summed E-state index contributed by atoms with van der Waals surface area (Å²) in [4.78, 5) is 2.68. The molecule has 3 nitrogen and oxygen atoms in total. The van der Waals surface area contributed by atoms with Gasteiger partial charge >= 0.3 is 0 Å². The zero-order valence-corrected chi connectivity index (χ0v) is 13.9. The van der Waals surface area contributed by atoms with E-state index in [1.807, 2.05) is 12.1 Å². The van der Waals surface area contributed by atoms with Crippen LogP contribution in [-0.2, 0) is 21.9 Å². The van der Waals surface area contributed by atoms with Crippen LogP contribution in [0.25, 0.3) is 0 Å². The van der Waals surface area contributed by atoms with Crippen LogP contribution in [0.15, 0.2) is 70.5 Å². The standard InChI is InChI=1S/C12H10S.C4H9FO3S/c1-3-7-11(8-4-1)13-12-9-5-2-6-10-12;1-2-3-4(5)9(6,7)8/h1-10H;4H,2-3H2,1H3,(H,6,7,8). The second-order valence-electron chi connectivity index (χ2n) is 4.47. The summed E-state index contributed by atoms with van der Waals surface area (Å²) >= 11 is 1.28. The first kappa shape index (κ1) is 18.7. The number of hydrogen-bond acceptors (Lipinski definition) is 3. The molecule has 0 aliphatic rings. The first-order chi connectivity index (χ1) is 10.4. The summed E-state index contributed by atoms with van der Waals surface area (Å²) in [7, 11) is -4.68. The van der Waals surface area contributed by atoms with Gasteiger partial charge in [-0.1, -0.05) is 49.7 Å². The van der Waals surface area contributed by atoms with Crippen molar-refractivity contribution in [2.75, 3.05) is 0 Å². The van der Waals surface area contributed by atoms with Crippen molar-refractivity contribution < 1.29 is 17.4 Å². The molecule has 0 amide bonds. The summed E-state index contributed by atoms with van der Waals surface area (Å²) in [5.74, 6) is 0. The molecule has 0 N–H and O–H groups in total. The minimum absolute atomic E-state index is 0.203. The Bertz CT molecular complexity index is 593. The number of thiol groups is 1. The molecule has 0 aliphatic heterocycles. The molecule has 0 saturated carbocycles. The predicted molar refractivity (Wildman–Crippen MR) is 87.7 cm³/mol. The lowest BCUT2D eigenvalue weighted by Gasteiger charge is -2.10. The van der Waals surface area contributed by atoms with Crippen LogP contribution in [0.4, 0.5) is 4.39 Å². The Hall–Kier alpha value is -1.37. The van der Waals surface area contributed by atoms with Gasteiger partial charge in [0.1, 0.15) is 10.1 Å². The zero-order valence-electron chi connectivity index (χ0n) is 12.2. The highest BCUT2D eigenvalue weighted by Crippen LogP contribution is 2.10. The Balaban J connectivity index is 0.000000239. The lowest BCUT2D eigenvalue weighted by atomic mass is 10.4. The summed E-state index contributed by atoms with van der Waals surface area (Å²) in [5, 5.41) is 0. The van der Waals surface area contributed by atoms with Gasteiger partial charge in [-0.05, 0) is 30.7 Å². The summed E-state index contributed by atoms with van der Waals surface area (Å²) < 4.78 is 41.4. The molecule has 6 heteroatoms. The van der Waals surface area contributed by atoms with Crippen molar-refractivity contribution >= 4 is 21.9 Å². The molecule has 0 saturated heterocycles. The van der Waals surface area contributed by atoms with Gasteiger partial charge in [0.2, 0.25) is 0 Å². The maximum absolute atomic E-state index is 12.0. The minimum Gasteiger partial charge on any atom is -0.746 e. The Kier molecular flexibility index (Phi) is 8.16. The van der Waals surface area contributed by atoms with Crippen molar-refractivity contribution in [1.82, 2.24) is 0 Å². The highest BCUT2D eigenvalue weighted by Gasteiger charge is 2.11. The molecule has 1 atom stereocenters. The van der Waals surface area contributed by atoms with Crippen molar-refractivity contribution in [1.29, 1.82) is 0 Å². The lowest BCUT2D eigenvalue weighted by molar-refractivity contribution is 0.349. The lowest BCUT2D eigenvalue weighted by Crippen LogP contribution is -2.14. The molecule has 0 radical (unpaired) electrons. The van der Waals surface area contributed by atoms with E-state index in [1.54, 1.807) is 6.92 Å². The molecule has 2 aromatic carbocycles. The molecule has 0 aromatic heterocycles. The van der Waals surface area contributed by atoms with Crippen molar-refractivity contribution in [2.24, 2.45) is 0 Å². The second kappa shape index (κ2) is 9.61. The number of rotatable bonds is 5. The molecule has 0 spiro atoms. The third kappa shape index (κ3) is 7.59. The van der Waals surface area contributed by atoms with Gasteiger partial charge in [-0.2, -0.15) is 0 Å². The van der Waals surface area contributed by atoms with E-state index in [-0.39, 0.29) is 6.42 Å². The normalized spacial score (nSPS) is 12.1. The highest BCUT2D eigenvalue weighted by atomic mass is 32.2. The molecule has 0 bridgehead atoms. The first-order valence-corrected chi connectivity index (χ1v) is 9.20. The Morgan fingerprint density at radius 2 is 1.41 bits per heavy atom. The van der Waals surface area contributed by atoms with Crippen LogP contribution in [-0.4, -0.2) is 18.5 Å². The Labute approximate surface area is 135 Å².